The van der Waals surface area contributed by atoms with Crippen molar-refractivity contribution < 1.29 is 9.18 Å². The Hall–Kier alpha value is -2.00. The Bertz CT molecular complexity index is 727. The molecule has 3 atom stereocenters. The zero-order valence-electron chi connectivity index (χ0n) is 14.4. The van der Waals surface area contributed by atoms with Crippen LogP contribution < -0.4 is 0 Å². The Morgan fingerprint density at radius 2 is 1.80 bits per heavy atom. The number of nitrogens with zero attached hydrogens (tertiary/aromatic N) is 1. The van der Waals surface area contributed by atoms with Crippen LogP contribution in [0.4, 0.5) is 4.39 Å². The molecule has 1 heterocycles. The second kappa shape index (κ2) is 7.09. The number of benzene rings is 2. The molecule has 3 heteroatoms. The standard InChI is InChI=1S/C22H24FNO/c23-20-10-8-17(9-11-20)22(25)7-4-12-24-15-19-13-18(14-21(19)24)16-5-2-1-3-6-16/h1-3,5-6,8-11,18-19,21H,4,7,12-15H2. The van der Waals surface area contributed by atoms with Crippen molar-refractivity contribution in [1.29, 1.82) is 0 Å². The van der Waals surface area contributed by atoms with Crippen molar-refractivity contribution in [2.75, 3.05) is 13.1 Å². The number of rotatable bonds is 6. The van der Waals surface area contributed by atoms with Crippen molar-refractivity contribution in [3.05, 3.63) is 71.5 Å². The summed E-state index contributed by atoms with van der Waals surface area (Å²) in [4.78, 5) is 14.7. The molecule has 1 saturated heterocycles. The van der Waals surface area contributed by atoms with Gasteiger partial charge in [0.25, 0.3) is 0 Å². The highest BCUT2D eigenvalue weighted by Gasteiger charge is 2.45. The predicted molar refractivity (Wildman–Crippen MR) is 97.2 cm³/mol. The summed E-state index contributed by atoms with van der Waals surface area (Å²) in [6.07, 6.45) is 3.98. The fourth-order valence-corrected chi connectivity index (χ4v) is 4.52. The number of ketones is 1. The molecule has 1 aliphatic heterocycles. The first kappa shape index (κ1) is 16.5. The Balaban J connectivity index is 1.24. The van der Waals surface area contributed by atoms with E-state index in [0.717, 1.165) is 18.9 Å². The minimum absolute atomic E-state index is 0.116. The lowest BCUT2D eigenvalue weighted by molar-refractivity contribution is 0.0368. The largest absolute Gasteiger partial charge is 0.300 e. The second-order valence-corrected chi connectivity index (χ2v) is 7.43. The van der Waals surface area contributed by atoms with E-state index in [9.17, 15) is 9.18 Å². The van der Waals surface area contributed by atoms with Crippen LogP contribution in [0.2, 0.25) is 0 Å². The molecule has 130 valence electrons. The monoisotopic (exact) mass is 337 g/mol. The fraction of sp³-hybridized carbons (Fsp3) is 0.409. The van der Waals surface area contributed by atoms with Crippen molar-refractivity contribution in [1.82, 2.24) is 4.90 Å². The first-order valence-electron chi connectivity index (χ1n) is 9.28. The predicted octanol–water partition coefficient (Wildman–Crippen LogP) is 4.67. The maximum atomic E-state index is 12.9. The summed E-state index contributed by atoms with van der Waals surface area (Å²) in [6, 6.07) is 17.4. The molecule has 2 aromatic rings. The summed E-state index contributed by atoms with van der Waals surface area (Å²) in [5.41, 5.74) is 2.09. The molecule has 2 fully saturated rings. The third-order valence-corrected chi connectivity index (χ3v) is 5.88. The normalized spacial score (nSPS) is 25.4. The number of halogens is 1. The summed E-state index contributed by atoms with van der Waals surface area (Å²) in [6.45, 7) is 2.17. The van der Waals surface area contributed by atoms with E-state index in [1.165, 1.54) is 37.1 Å². The molecular weight excluding hydrogens is 313 g/mol. The number of fused-ring (bicyclic) bond motifs is 1. The lowest BCUT2D eigenvalue weighted by Crippen LogP contribution is -2.53. The first-order valence-corrected chi connectivity index (χ1v) is 9.28. The fourth-order valence-electron chi connectivity index (χ4n) is 4.52. The molecule has 0 amide bonds. The van der Waals surface area contributed by atoms with Gasteiger partial charge in [-0.25, -0.2) is 4.39 Å². The van der Waals surface area contributed by atoms with Crippen LogP contribution in [0, 0.1) is 11.7 Å². The van der Waals surface area contributed by atoms with Crippen molar-refractivity contribution in [2.45, 2.75) is 37.6 Å². The smallest absolute Gasteiger partial charge is 0.162 e. The maximum absolute atomic E-state index is 12.9. The van der Waals surface area contributed by atoms with Gasteiger partial charge in [0.2, 0.25) is 0 Å². The molecule has 0 aromatic heterocycles. The number of hydrogen-bond donors (Lipinski definition) is 0. The molecule has 1 saturated carbocycles. The maximum Gasteiger partial charge on any atom is 0.162 e. The van der Waals surface area contributed by atoms with E-state index in [1.54, 1.807) is 12.1 Å². The molecule has 0 bridgehead atoms. The lowest BCUT2D eigenvalue weighted by Gasteiger charge is -2.44. The van der Waals surface area contributed by atoms with Crippen LogP contribution in [-0.2, 0) is 0 Å². The quantitative estimate of drug-likeness (QED) is 0.714. The average Bonchev–Trinajstić information content (AvgIpc) is 2.97. The van der Waals surface area contributed by atoms with Gasteiger partial charge in [0, 0.05) is 24.6 Å². The van der Waals surface area contributed by atoms with Crippen molar-refractivity contribution in [2.24, 2.45) is 5.92 Å². The Kier molecular flexibility index (Phi) is 4.67. The van der Waals surface area contributed by atoms with Gasteiger partial charge in [0.15, 0.2) is 5.78 Å². The number of carbonyl (C=O) groups is 1. The number of carbonyl (C=O) groups excluding carboxylic acids is 1. The number of hydrogen-bond acceptors (Lipinski definition) is 2. The van der Waals surface area contributed by atoms with Crippen LogP contribution in [0.5, 0.6) is 0 Å². The average molecular weight is 337 g/mol. The Labute approximate surface area is 148 Å². The van der Waals surface area contributed by atoms with Crippen LogP contribution in [0.1, 0.15) is 47.5 Å². The van der Waals surface area contributed by atoms with Crippen LogP contribution in [-0.4, -0.2) is 29.8 Å². The molecule has 2 nitrogen and oxygen atoms in total. The SMILES string of the molecule is O=C(CCCN1CC2CC(c3ccccc3)CC21)c1ccc(F)cc1. The summed E-state index contributed by atoms with van der Waals surface area (Å²) in [7, 11) is 0. The zero-order chi connectivity index (χ0) is 17.2. The number of Topliss-reactive ketones (excluding diaryl/α,β-unsaturated/α-hetero) is 1. The van der Waals surface area contributed by atoms with Gasteiger partial charge >= 0.3 is 0 Å². The summed E-state index contributed by atoms with van der Waals surface area (Å²) >= 11 is 0. The number of likely N-dealkylation sites (tertiary alicyclic amines) is 1. The van der Waals surface area contributed by atoms with Gasteiger partial charge in [-0.1, -0.05) is 30.3 Å². The highest BCUT2D eigenvalue weighted by Crippen LogP contribution is 2.46. The van der Waals surface area contributed by atoms with E-state index in [4.69, 9.17) is 0 Å². The first-order chi connectivity index (χ1) is 12.2. The van der Waals surface area contributed by atoms with E-state index in [0.29, 0.717) is 23.9 Å². The van der Waals surface area contributed by atoms with Gasteiger partial charge in [-0.3, -0.25) is 9.69 Å². The topological polar surface area (TPSA) is 20.3 Å². The highest BCUT2D eigenvalue weighted by molar-refractivity contribution is 5.95. The molecule has 0 N–H and O–H groups in total. The van der Waals surface area contributed by atoms with E-state index < -0.39 is 0 Å². The molecular formula is C22H24FNO. The highest BCUT2D eigenvalue weighted by atomic mass is 19.1. The van der Waals surface area contributed by atoms with Gasteiger partial charge < -0.3 is 0 Å². The van der Waals surface area contributed by atoms with Crippen LogP contribution >= 0.6 is 0 Å². The summed E-state index contributed by atoms with van der Waals surface area (Å²) < 4.78 is 12.9. The van der Waals surface area contributed by atoms with E-state index in [-0.39, 0.29) is 11.6 Å². The second-order valence-electron chi connectivity index (χ2n) is 7.43. The van der Waals surface area contributed by atoms with Crippen LogP contribution in [0.25, 0.3) is 0 Å². The van der Waals surface area contributed by atoms with Crippen molar-refractivity contribution >= 4 is 5.78 Å². The Morgan fingerprint density at radius 3 is 2.56 bits per heavy atom. The van der Waals surface area contributed by atoms with Gasteiger partial charge in [-0.15, -0.1) is 0 Å². The van der Waals surface area contributed by atoms with E-state index >= 15 is 0 Å². The van der Waals surface area contributed by atoms with E-state index in [1.807, 2.05) is 0 Å². The summed E-state index contributed by atoms with van der Waals surface area (Å²) in [5.74, 6) is 1.35. The van der Waals surface area contributed by atoms with Gasteiger partial charge in [0.1, 0.15) is 5.82 Å². The molecule has 3 unspecified atom stereocenters. The lowest BCUT2D eigenvalue weighted by atomic mass is 9.91. The Morgan fingerprint density at radius 1 is 1.04 bits per heavy atom. The molecule has 1 aliphatic carbocycles. The zero-order valence-corrected chi connectivity index (χ0v) is 14.4. The molecule has 25 heavy (non-hydrogen) atoms. The van der Waals surface area contributed by atoms with Gasteiger partial charge in [0.05, 0.1) is 0 Å². The summed E-state index contributed by atoms with van der Waals surface area (Å²) in [5, 5.41) is 0. The third-order valence-electron chi connectivity index (χ3n) is 5.88. The molecule has 4 rings (SSSR count). The molecule has 0 spiro atoms. The molecule has 2 aromatic carbocycles. The minimum Gasteiger partial charge on any atom is -0.300 e. The van der Waals surface area contributed by atoms with Crippen LogP contribution in [0.15, 0.2) is 54.6 Å². The molecule has 0 radical (unpaired) electrons. The van der Waals surface area contributed by atoms with Gasteiger partial charge in [-0.05, 0) is 67.5 Å². The van der Waals surface area contributed by atoms with E-state index in [2.05, 4.69) is 35.2 Å². The van der Waals surface area contributed by atoms with Gasteiger partial charge in [-0.2, -0.15) is 0 Å². The van der Waals surface area contributed by atoms with Crippen molar-refractivity contribution in [3.8, 4) is 0 Å². The van der Waals surface area contributed by atoms with Crippen molar-refractivity contribution in [3.63, 3.8) is 0 Å². The van der Waals surface area contributed by atoms with Crippen LogP contribution in [0.3, 0.4) is 0 Å². The minimum atomic E-state index is -0.294. The molecule has 2 aliphatic rings. The third kappa shape index (κ3) is 3.52.